The highest BCUT2D eigenvalue weighted by Gasteiger charge is 2.53. The summed E-state index contributed by atoms with van der Waals surface area (Å²) in [6, 6.07) is 33.3. The molecule has 1 spiro atoms. The van der Waals surface area contributed by atoms with E-state index in [1.807, 2.05) is 120 Å². The largest absolute Gasteiger partial charge is 0.340 e. The summed E-state index contributed by atoms with van der Waals surface area (Å²) in [5.74, 6) is 0.492. The number of rotatable bonds is 4. The first kappa shape index (κ1) is 26.9. The molecule has 2 aliphatic rings. The molecule has 0 saturated heterocycles. The molecule has 0 aliphatic carbocycles. The number of amides is 1. The van der Waals surface area contributed by atoms with Crippen molar-refractivity contribution in [3.05, 3.63) is 136 Å². The molecule has 0 bridgehead atoms. The van der Waals surface area contributed by atoms with Gasteiger partial charge in [0.25, 0.3) is 5.91 Å². The number of aryl methyl sites for hydroxylation is 1. The van der Waals surface area contributed by atoms with E-state index in [0.29, 0.717) is 34.6 Å². The highest BCUT2D eigenvalue weighted by Crippen LogP contribution is 2.47. The van der Waals surface area contributed by atoms with Crippen molar-refractivity contribution in [2.75, 3.05) is 10.2 Å². The Hall–Kier alpha value is -4.69. The van der Waals surface area contributed by atoms with E-state index < -0.39 is 5.66 Å². The molecule has 4 heterocycles. The highest BCUT2D eigenvalue weighted by molar-refractivity contribution is 6.31. The SMILES string of the molecule is Cc1nn(-c2ccccc2)c2nc3c(c(-c4ccc(Cl)cc4)c12)CNC1(N3)C(=O)N(Cc2ccccc2)c2ccc(Cl)cc21. The van der Waals surface area contributed by atoms with Crippen molar-refractivity contribution in [2.45, 2.75) is 25.7 Å². The minimum atomic E-state index is -1.26. The second kappa shape index (κ2) is 10.2. The molecule has 44 heavy (non-hydrogen) atoms. The summed E-state index contributed by atoms with van der Waals surface area (Å²) >= 11 is 12.8. The van der Waals surface area contributed by atoms with E-state index in [4.69, 9.17) is 33.3 Å². The van der Waals surface area contributed by atoms with Crippen LogP contribution in [-0.4, -0.2) is 20.7 Å². The zero-order chi connectivity index (χ0) is 30.0. The fourth-order valence-corrected chi connectivity index (χ4v) is 6.74. The van der Waals surface area contributed by atoms with E-state index in [9.17, 15) is 4.79 Å². The number of anilines is 2. The number of benzene rings is 4. The van der Waals surface area contributed by atoms with Crippen molar-refractivity contribution in [2.24, 2.45) is 0 Å². The lowest BCUT2D eigenvalue weighted by molar-refractivity contribution is -0.123. The Morgan fingerprint density at radius 3 is 2.34 bits per heavy atom. The number of halogens is 2. The zero-order valence-corrected chi connectivity index (χ0v) is 25.2. The predicted octanol–water partition coefficient (Wildman–Crippen LogP) is 7.62. The van der Waals surface area contributed by atoms with Crippen LogP contribution in [0.2, 0.25) is 10.0 Å². The summed E-state index contributed by atoms with van der Waals surface area (Å²) in [5, 5.41) is 14.3. The third-order valence-electron chi connectivity index (χ3n) is 8.46. The number of hydrogen-bond donors (Lipinski definition) is 2. The van der Waals surface area contributed by atoms with E-state index in [1.54, 1.807) is 0 Å². The first-order valence-electron chi connectivity index (χ1n) is 14.4. The molecule has 216 valence electrons. The Balaban J connectivity index is 1.34. The smallest absolute Gasteiger partial charge is 0.273 e. The zero-order valence-electron chi connectivity index (χ0n) is 23.7. The molecule has 2 aromatic heterocycles. The van der Waals surface area contributed by atoms with Crippen molar-refractivity contribution in [1.29, 1.82) is 0 Å². The Morgan fingerprint density at radius 2 is 1.59 bits per heavy atom. The molecule has 9 heteroatoms. The summed E-state index contributed by atoms with van der Waals surface area (Å²) in [5.41, 5.74) is 6.71. The number of nitrogens with zero attached hydrogens (tertiary/aromatic N) is 4. The first-order valence-corrected chi connectivity index (χ1v) is 15.1. The number of fused-ring (bicyclic) bond motifs is 4. The monoisotopic (exact) mass is 616 g/mol. The summed E-state index contributed by atoms with van der Waals surface area (Å²) in [4.78, 5) is 21.5. The molecule has 0 radical (unpaired) electrons. The van der Waals surface area contributed by atoms with Crippen LogP contribution in [0.3, 0.4) is 0 Å². The van der Waals surface area contributed by atoms with Crippen LogP contribution in [0.15, 0.2) is 103 Å². The third kappa shape index (κ3) is 4.12. The van der Waals surface area contributed by atoms with E-state index in [0.717, 1.165) is 50.3 Å². The van der Waals surface area contributed by atoms with Crippen LogP contribution in [-0.2, 0) is 23.5 Å². The molecule has 2 N–H and O–H groups in total. The number of nitrogens with one attached hydrogen (secondary N) is 2. The molecular weight excluding hydrogens is 591 g/mol. The fourth-order valence-electron chi connectivity index (χ4n) is 6.44. The average molecular weight is 618 g/mol. The van der Waals surface area contributed by atoms with Gasteiger partial charge in [0.05, 0.1) is 29.0 Å². The van der Waals surface area contributed by atoms with Crippen LogP contribution in [0.1, 0.15) is 22.4 Å². The lowest BCUT2D eigenvalue weighted by Crippen LogP contribution is -2.58. The number of carbonyl (C=O) groups is 1. The standard InChI is InChI=1S/C35H26Cl2N6O/c1-21-30-31(23-12-14-24(36)15-13-23)27-19-38-35(40-32(27)39-33(30)43(41-21)26-10-6-3-7-11-26)28-18-25(37)16-17-29(28)42(34(35)44)20-22-8-4-2-5-9-22/h2-18,38H,19-20H2,1H3,(H,39,40). The average Bonchev–Trinajstić information content (AvgIpc) is 3.48. The Labute approximate surface area is 264 Å². The van der Waals surface area contributed by atoms with Crippen molar-refractivity contribution < 1.29 is 4.79 Å². The van der Waals surface area contributed by atoms with Crippen LogP contribution in [0.5, 0.6) is 0 Å². The summed E-state index contributed by atoms with van der Waals surface area (Å²) in [6.45, 7) is 2.81. The molecular formula is C35H26Cl2N6O. The minimum Gasteiger partial charge on any atom is -0.340 e. The second-order valence-electron chi connectivity index (χ2n) is 11.1. The maximum atomic E-state index is 14.5. The van der Waals surface area contributed by atoms with E-state index in [1.165, 1.54) is 0 Å². The van der Waals surface area contributed by atoms with E-state index >= 15 is 0 Å². The van der Waals surface area contributed by atoms with E-state index in [2.05, 4.69) is 10.6 Å². The topological polar surface area (TPSA) is 75.1 Å². The molecule has 6 aromatic rings. The molecule has 8 rings (SSSR count). The molecule has 0 fully saturated rings. The van der Waals surface area contributed by atoms with Crippen LogP contribution in [0.25, 0.3) is 27.8 Å². The lowest BCUT2D eigenvalue weighted by Gasteiger charge is -2.37. The summed E-state index contributed by atoms with van der Waals surface area (Å²) in [7, 11) is 0. The minimum absolute atomic E-state index is 0.119. The molecule has 1 unspecified atom stereocenters. The van der Waals surface area contributed by atoms with Crippen molar-refractivity contribution in [3.8, 4) is 16.8 Å². The van der Waals surface area contributed by atoms with Gasteiger partial charge in [-0.15, -0.1) is 0 Å². The number of hydrogen-bond acceptors (Lipinski definition) is 5. The van der Waals surface area contributed by atoms with Crippen LogP contribution in [0, 0.1) is 6.92 Å². The summed E-state index contributed by atoms with van der Waals surface area (Å²) in [6.07, 6.45) is 0. The van der Waals surface area contributed by atoms with Crippen LogP contribution >= 0.6 is 23.2 Å². The van der Waals surface area contributed by atoms with Gasteiger partial charge in [-0.1, -0.05) is 83.9 Å². The molecule has 1 amide bonds. The van der Waals surface area contributed by atoms with Gasteiger partial charge >= 0.3 is 0 Å². The van der Waals surface area contributed by atoms with Gasteiger partial charge in [0.2, 0.25) is 0 Å². The molecule has 1 atom stereocenters. The van der Waals surface area contributed by atoms with Gasteiger partial charge in [-0.3, -0.25) is 10.1 Å². The van der Waals surface area contributed by atoms with Crippen molar-refractivity contribution >= 4 is 51.6 Å². The third-order valence-corrected chi connectivity index (χ3v) is 8.95. The number of carbonyl (C=O) groups excluding carboxylic acids is 1. The van der Waals surface area contributed by atoms with Gasteiger partial charge in [0, 0.05) is 33.3 Å². The van der Waals surface area contributed by atoms with Crippen LogP contribution < -0.4 is 15.5 Å². The number of pyridine rings is 1. The Morgan fingerprint density at radius 1 is 0.886 bits per heavy atom. The molecule has 2 aliphatic heterocycles. The quantitative estimate of drug-likeness (QED) is 0.213. The predicted molar refractivity (Wildman–Crippen MR) is 175 cm³/mol. The Kier molecular flexibility index (Phi) is 6.24. The molecule has 7 nitrogen and oxygen atoms in total. The maximum absolute atomic E-state index is 14.5. The van der Waals surface area contributed by atoms with Gasteiger partial charge in [0.1, 0.15) is 5.82 Å². The molecule has 0 saturated carbocycles. The highest BCUT2D eigenvalue weighted by atomic mass is 35.5. The van der Waals surface area contributed by atoms with Gasteiger partial charge in [-0.05, 0) is 60.5 Å². The van der Waals surface area contributed by atoms with E-state index in [-0.39, 0.29) is 5.91 Å². The van der Waals surface area contributed by atoms with Gasteiger partial charge in [0.15, 0.2) is 11.3 Å². The first-order chi connectivity index (χ1) is 21.4. The normalized spacial score (nSPS) is 17.2. The second-order valence-corrected chi connectivity index (χ2v) is 12.0. The maximum Gasteiger partial charge on any atom is 0.273 e. The fraction of sp³-hybridized carbons (Fsp3) is 0.114. The molecule has 4 aromatic carbocycles. The van der Waals surface area contributed by atoms with Gasteiger partial charge < -0.3 is 10.2 Å². The van der Waals surface area contributed by atoms with Gasteiger partial charge in [-0.2, -0.15) is 5.10 Å². The number of aromatic nitrogens is 3. The van der Waals surface area contributed by atoms with Gasteiger partial charge in [-0.25, -0.2) is 9.67 Å². The Bertz CT molecular complexity index is 2080. The van der Waals surface area contributed by atoms with Crippen molar-refractivity contribution in [3.63, 3.8) is 0 Å². The number of para-hydroxylation sites is 1. The summed E-state index contributed by atoms with van der Waals surface area (Å²) < 4.78 is 1.86. The van der Waals surface area contributed by atoms with Crippen LogP contribution in [0.4, 0.5) is 11.5 Å². The lowest BCUT2D eigenvalue weighted by atomic mass is 9.92. The van der Waals surface area contributed by atoms with Crippen molar-refractivity contribution in [1.82, 2.24) is 20.1 Å².